The van der Waals surface area contributed by atoms with Crippen molar-refractivity contribution < 1.29 is 16.4 Å². The van der Waals surface area contributed by atoms with Crippen molar-refractivity contribution in [2.75, 3.05) is 0 Å². The van der Waals surface area contributed by atoms with Crippen LogP contribution in [0.25, 0.3) is 0 Å². The Balaban J connectivity index is 1.82. The van der Waals surface area contributed by atoms with Crippen LogP contribution in [0, 0.1) is 0 Å². The fraction of sp³-hybridized carbons (Fsp3) is 0.952. The first-order valence-corrected chi connectivity index (χ1v) is 15.4. The van der Waals surface area contributed by atoms with Gasteiger partial charge in [0.2, 0.25) is 0 Å². The third-order valence-corrected chi connectivity index (χ3v) is 79.5. The SMILES string of the molecule is CC(O)[C]12[C]3(C)[C]4(C)[C]5(C)[C]1(C)[Fe]45321678[C]2(C)[C]1(C)[C]6(C)[C]7(C=O)[C]28C. The summed E-state index contributed by atoms with van der Waals surface area (Å²) in [7, 11) is 0. The molecule has 0 saturated carbocycles. The van der Waals surface area contributed by atoms with E-state index in [1.165, 1.54) is 6.29 Å². The van der Waals surface area contributed by atoms with Gasteiger partial charge in [0.05, 0.1) is 0 Å². The van der Waals surface area contributed by atoms with E-state index in [1.807, 2.05) is 0 Å². The summed E-state index contributed by atoms with van der Waals surface area (Å²) in [6.45, 7) is 18.3. The Bertz CT molecular complexity index is 1360. The van der Waals surface area contributed by atoms with Crippen LogP contribution in [-0.2, 0) is 11.3 Å². The molecule has 9 atom stereocenters. The first-order chi connectivity index (χ1) is 10.6. The van der Waals surface area contributed by atoms with Crippen LogP contribution < -0.4 is 0 Å². The van der Waals surface area contributed by atoms with Crippen LogP contribution in [0.1, 0.15) is 62.3 Å². The van der Waals surface area contributed by atoms with Crippen molar-refractivity contribution in [2.45, 2.75) is 112 Å². The monoisotopic (exact) mass is 370 g/mol. The van der Waals surface area contributed by atoms with Crippen molar-refractivity contribution >= 4 is 6.29 Å². The van der Waals surface area contributed by atoms with E-state index in [-0.39, 0.29) is 23.4 Å². The molecule has 10 rings (SSSR count). The number of aldehydes is 1. The van der Waals surface area contributed by atoms with Crippen LogP contribution in [-0.4, -0.2) is 17.5 Å². The van der Waals surface area contributed by atoms with E-state index in [9.17, 15) is 9.90 Å². The van der Waals surface area contributed by atoms with E-state index < -0.39 is 6.51 Å². The topological polar surface area (TPSA) is 37.3 Å². The van der Waals surface area contributed by atoms with Gasteiger partial charge in [0.1, 0.15) is 0 Å². The van der Waals surface area contributed by atoms with Gasteiger partial charge in [0.25, 0.3) is 0 Å². The average Bonchev–Trinajstić information content (AvgIpc) is 3.46. The van der Waals surface area contributed by atoms with Crippen molar-refractivity contribution in [2.24, 2.45) is 0 Å². The molecule has 0 aliphatic carbocycles. The van der Waals surface area contributed by atoms with E-state index in [2.05, 4.69) is 62.3 Å². The van der Waals surface area contributed by atoms with Crippen LogP contribution in [0.3, 0.4) is 0 Å². The van der Waals surface area contributed by atoms with Gasteiger partial charge < -0.3 is 0 Å². The van der Waals surface area contributed by atoms with Crippen LogP contribution in [0.15, 0.2) is 0 Å². The van der Waals surface area contributed by atoms with Gasteiger partial charge in [-0.2, -0.15) is 0 Å². The summed E-state index contributed by atoms with van der Waals surface area (Å²) in [5.41, 5.74) is 0. The van der Waals surface area contributed by atoms with Gasteiger partial charge in [-0.15, -0.1) is 0 Å². The average molecular weight is 370 g/mol. The molecular formula is C21H30FeO2. The molecule has 134 valence electrons. The van der Waals surface area contributed by atoms with E-state index in [1.54, 1.807) is 0 Å². The number of fused-ring (bicyclic) bond motifs is 10. The molecule has 24 heavy (non-hydrogen) atoms. The normalized spacial score (nSPS) is 117. The number of aliphatic hydroxyl groups excluding tert-OH is 1. The molecule has 0 aromatic rings. The Morgan fingerprint density at radius 2 is 1.04 bits per heavy atom. The van der Waals surface area contributed by atoms with Gasteiger partial charge in [-0.05, 0) is 0 Å². The van der Waals surface area contributed by atoms with Crippen molar-refractivity contribution in [1.29, 1.82) is 0 Å². The fourth-order valence-electron chi connectivity index (χ4n) is 31.0. The quantitative estimate of drug-likeness (QED) is 0.491. The Hall–Kier alpha value is 0.149. The molecule has 1 spiro atoms. The summed E-state index contributed by atoms with van der Waals surface area (Å²) in [6.07, 6.45) is 1.30. The maximum absolute atomic E-state index is 13.1. The minimum atomic E-state index is -4.77. The van der Waals surface area contributed by atoms with Crippen LogP contribution >= 0.6 is 0 Å². The Kier molecular flexibility index (Phi) is 0.468. The van der Waals surface area contributed by atoms with E-state index in [0.717, 1.165) is 0 Å². The van der Waals surface area contributed by atoms with Gasteiger partial charge >= 0.3 is 134 Å². The summed E-state index contributed by atoms with van der Waals surface area (Å²) in [5.74, 6) is 0. The minimum absolute atomic E-state index is 0.0120. The third kappa shape index (κ3) is 0.0813. The van der Waals surface area contributed by atoms with E-state index in [0.29, 0.717) is 25.9 Å². The second kappa shape index (κ2) is 0.953. The van der Waals surface area contributed by atoms with Crippen LogP contribution in [0.2, 0.25) is 43.1 Å². The second-order valence-corrected chi connectivity index (χ2v) is 37.0. The Morgan fingerprint density at radius 3 is 1.17 bits per heavy atom. The fourth-order valence-corrected chi connectivity index (χ4v) is 134. The zero-order valence-electron chi connectivity index (χ0n) is 16.4. The predicted molar refractivity (Wildman–Crippen MR) is 90.1 cm³/mol. The summed E-state index contributed by atoms with van der Waals surface area (Å²) in [6, 6.07) is 0. The molecule has 10 heterocycles. The van der Waals surface area contributed by atoms with Crippen LogP contribution in [0.4, 0.5) is 0 Å². The zero-order chi connectivity index (χ0) is 17.6. The predicted octanol–water partition coefficient (Wildman–Crippen LogP) is 5.82. The molecule has 10 aliphatic rings. The number of aliphatic hydroxyl groups is 1. The molecule has 10 aliphatic heterocycles. The van der Waals surface area contributed by atoms with E-state index >= 15 is 0 Å². The van der Waals surface area contributed by atoms with Gasteiger partial charge in [-0.25, -0.2) is 0 Å². The molecule has 0 radical (unpaired) electrons. The first kappa shape index (κ1) is 11.8. The van der Waals surface area contributed by atoms with Crippen LogP contribution in [0.5, 0.6) is 0 Å². The summed E-state index contributed by atoms with van der Waals surface area (Å²) < 4.78 is 2.85. The van der Waals surface area contributed by atoms with Crippen molar-refractivity contribution in [1.82, 2.24) is 0 Å². The second-order valence-electron chi connectivity index (χ2n) is 14.0. The molecule has 0 aromatic carbocycles. The molecule has 10 saturated heterocycles. The molecule has 1 N–H and O–H groups in total. The van der Waals surface area contributed by atoms with Crippen molar-refractivity contribution in [3.05, 3.63) is 0 Å². The summed E-state index contributed by atoms with van der Waals surface area (Å²) in [4.78, 5) is 13.1. The maximum atomic E-state index is 13.1. The molecule has 9 unspecified atom stereocenters. The van der Waals surface area contributed by atoms with Gasteiger partial charge in [-0.3, -0.25) is 0 Å². The van der Waals surface area contributed by atoms with Gasteiger partial charge in [0.15, 0.2) is 0 Å². The Morgan fingerprint density at radius 1 is 0.708 bits per heavy atom. The number of hydrogen-bond donors (Lipinski definition) is 1. The number of rotatable bonds is 2. The molecule has 0 amide bonds. The summed E-state index contributed by atoms with van der Waals surface area (Å²) >= 11 is 0. The standard InChI is InChI=1S/C11H17O.C10H13O.Fe/c1-6-7(2)9(4)11(8(6)3)10(5)12;1-6-7(2)9(4)10(5-11)8(6)3;/h10,12H,1-5H3;5H,1-4H3;. The first-order valence-electron chi connectivity index (χ1n) is 9.92. The third-order valence-electron chi connectivity index (χ3n) is 23.5. The number of carbonyl (C=O) groups is 1. The molecule has 0 aromatic heterocycles. The molecule has 0 bridgehead atoms. The zero-order valence-corrected chi connectivity index (χ0v) is 17.5. The van der Waals surface area contributed by atoms with Gasteiger partial charge in [-0.1, -0.05) is 0 Å². The summed E-state index contributed by atoms with van der Waals surface area (Å²) in [5, 5.41) is 11.5. The molecule has 3 heteroatoms. The number of carbonyl (C=O) groups excluding carboxylic acids is 1. The molecule has 2 nitrogen and oxygen atoms in total. The van der Waals surface area contributed by atoms with E-state index in [4.69, 9.17) is 0 Å². The van der Waals surface area contributed by atoms with Crippen molar-refractivity contribution in [3.8, 4) is 0 Å². The molecular weight excluding hydrogens is 340 g/mol. The molecule has 10 fully saturated rings. The van der Waals surface area contributed by atoms with Gasteiger partial charge in [0, 0.05) is 0 Å². The Labute approximate surface area is 134 Å². The number of hydrogen-bond acceptors (Lipinski definition) is 2. The van der Waals surface area contributed by atoms with Crippen molar-refractivity contribution in [3.63, 3.8) is 0 Å².